The van der Waals surface area contributed by atoms with Gasteiger partial charge in [-0.05, 0) is 36.8 Å². The van der Waals surface area contributed by atoms with E-state index in [4.69, 9.17) is 14.2 Å². The highest BCUT2D eigenvalue weighted by atomic mass is 16.5. The van der Waals surface area contributed by atoms with Crippen LogP contribution in [0.25, 0.3) is 0 Å². The number of hydrogen-bond acceptors (Lipinski definition) is 6. The average molecular weight is 403 g/mol. The first kappa shape index (κ1) is 19.5. The van der Waals surface area contributed by atoms with E-state index < -0.39 is 11.9 Å². The fourth-order valence-electron chi connectivity index (χ4n) is 3.71. The third-order valence-electron chi connectivity index (χ3n) is 5.19. The molecule has 0 radical (unpaired) electrons. The van der Waals surface area contributed by atoms with Crippen molar-refractivity contribution < 1.29 is 23.8 Å². The normalized spacial score (nSPS) is 12.8. The van der Waals surface area contributed by atoms with Gasteiger partial charge in [0, 0.05) is 0 Å². The molecule has 0 saturated heterocycles. The number of hydrogen-bond donors (Lipinski definition) is 0. The van der Waals surface area contributed by atoms with Gasteiger partial charge in [-0.2, -0.15) is 0 Å². The summed E-state index contributed by atoms with van der Waals surface area (Å²) in [6.45, 7) is 2.06. The lowest BCUT2D eigenvalue weighted by molar-refractivity contribution is 0.0593. The molecule has 30 heavy (non-hydrogen) atoms. The largest absolute Gasteiger partial charge is 0.465 e. The number of benzene rings is 3. The molecule has 0 saturated carbocycles. The number of rotatable bonds is 4. The second kappa shape index (κ2) is 7.91. The fourth-order valence-corrected chi connectivity index (χ4v) is 3.71. The minimum Gasteiger partial charge on any atom is -0.465 e. The molecule has 152 valence electrons. The van der Waals surface area contributed by atoms with Gasteiger partial charge in [0.25, 0.3) is 0 Å². The molecular weight excluding hydrogens is 382 g/mol. The SMILES string of the molecule is COC(=O)c1cccc2c1Oc1c(C(=O)OC)cccc1N2C(C)c1ccccc1. The zero-order chi connectivity index (χ0) is 21.3. The van der Waals surface area contributed by atoms with Gasteiger partial charge in [0.15, 0.2) is 11.5 Å². The molecule has 6 heteroatoms. The first-order valence-electron chi connectivity index (χ1n) is 9.51. The van der Waals surface area contributed by atoms with E-state index in [9.17, 15) is 9.59 Å². The maximum atomic E-state index is 12.4. The van der Waals surface area contributed by atoms with Crippen molar-refractivity contribution in [3.05, 3.63) is 83.4 Å². The van der Waals surface area contributed by atoms with Crippen molar-refractivity contribution in [1.29, 1.82) is 0 Å². The van der Waals surface area contributed by atoms with E-state index in [0.29, 0.717) is 22.9 Å². The summed E-state index contributed by atoms with van der Waals surface area (Å²) in [5.41, 5.74) is 3.06. The summed E-state index contributed by atoms with van der Waals surface area (Å²) < 4.78 is 16.0. The van der Waals surface area contributed by atoms with E-state index in [-0.39, 0.29) is 17.2 Å². The van der Waals surface area contributed by atoms with Crippen molar-refractivity contribution in [3.63, 3.8) is 0 Å². The molecule has 6 nitrogen and oxygen atoms in total. The lowest BCUT2D eigenvalue weighted by atomic mass is 10.0. The molecular formula is C24H21NO5. The van der Waals surface area contributed by atoms with Crippen LogP contribution in [0.15, 0.2) is 66.7 Å². The summed E-state index contributed by atoms with van der Waals surface area (Å²) in [4.78, 5) is 26.9. The van der Waals surface area contributed by atoms with Crippen LogP contribution in [0.1, 0.15) is 39.2 Å². The fraction of sp³-hybridized carbons (Fsp3) is 0.167. The number of anilines is 2. The van der Waals surface area contributed by atoms with Gasteiger partial charge in [0.1, 0.15) is 11.1 Å². The molecule has 3 aromatic carbocycles. The summed E-state index contributed by atoms with van der Waals surface area (Å²) in [6.07, 6.45) is 0. The predicted octanol–water partition coefficient (Wildman–Crippen LogP) is 5.26. The van der Waals surface area contributed by atoms with E-state index in [1.54, 1.807) is 24.3 Å². The second-order valence-corrected chi connectivity index (χ2v) is 6.85. The van der Waals surface area contributed by atoms with Gasteiger partial charge in [-0.15, -0.1) is 0 Å². The molecule has 0 spiro atoms. The van der Waals surface area contributed by atoms with Crippen molar-refractivity contribution >= 4 is 23.3 Å². The zero-order valence-corrected chi connectivity index (χ0v) is 16.9. The van der Waals surface area contributed by atoms with E-state index in [1.165, 1.54) is 14.2 Å². The van der Waals surface area contributed by atoms with Crippen molar-refractivity contribution in [2.75, 3.05) is 19.1 Å². The Bertz CT molecular complexity index is 1040. The van der Waals surface area contributed by atoms with Gasteiger partial charge in [0.05, 0.1) is 31.6 Å². The van der Waals surface area contributed by atoms with Crippen molar-refractivity contribution in [3.8, 4) is 11.5 Å². The number of carbonyl (C=O) groups is 2. The predicted molar refractivity (Wildman–Crippen MR) is 113 cm³/mol. The van der Waals surface area contributed by atoms with Crippen LogP contribution < -0.4 is 9.64 Å². The van der Waals surface area contributed by atoms with Crippen LogP contribution in [-0.4, -0.2) is 26.2 Å². The van der Waals surface area contributed by atoms with Crippen molar-refractivity contribution in [1.82, 2.24) is 0 Å². The van der Waals surface area contributed by atoms with E-state index in [1.807, 2.05) is 42.5 Å². The Kier molecular flexibility index (Phi) is 5.14. The summed E-state index contributed by atoms with van der Waals surface area (Å²) in [6, 6.07) is 20.5. The highest BCUT2D eigenvalue weighted by molar-refractivity contribution is 6.00. The molecule has 1 unspecified atom stereocenters. The maximum absolute atomic E-state index is 12.4. The molecule has 1 heterocycles. The lowest BCUT2D eigenvalue weighted by Crippen LogP contribution is -2.26. The van der Waals surface area contributed by atoms with Crippen LogP contribution in [0.4, 0.5) is 11.4 Å². The number of methoxy groups -OCH3 is 2. The van der Waals surface area contributed by atoms with E-state index >= 15 is 0 Å². The molecule has 1 aliphatic heterocycles. The van der Waals surface area contributed by atoms with Gasteiger partial charge in [-0.3, -0.25) is 0 Å². The Morgan fingerprint density at radius 2 is 1.27 bits per heavy atom. The highest BCUT2D eigenvalue weighted by Crippen LogP contribution is 2.52. The first-order chi connectivity index (χ1) is 14.6. The summed E-state index contributed by atoms with van der Waals surface area (Å²) in [5, 5.41) is 0. The van der Waals surface area contributed by atoms with Crippen LogP contribution in [0.3, 0.4) is 0 Å². The summed E-state index contributed by atoms with van der Waals surface area (Å²) in [5.74, 6) is -0.344. The van der Waals surface area contributed by atoms with Gasteiger partial charge in [-0.1, -0.05) is 42.5 Å². The van der Waals surface area contributed by atoms with Crippen molar-refractivity contribution in [2.24, 2.45) is 0 Å². The summed E-state index contributed by atoms with van der Waals surface area (Å²) >= 11 is 0. The molecule has 4 rings (SSSR count). The number of para-hydroxylation sites is 2. The van der Waals surface area contributed by atoms with Crippen molar-refractivity contribution in [2.45, 2.75) is 13.0 Å². The average Bonchev–Trinajstić information content (AvgIpc) is 2.80. The number of ether oxygens (including phenoxy) is 3. The van der Waals surface area contributed by atoms with E-state index in [0.717, 1.165) is 5.56 Å². The Balaban J connectivity index is 1.97. The molecule has 0 N–H and O–H groups in total. The Labute approximate surface area is 174 Å². The first-order valence-corrected chi connectivity index (χ1v) is 9.51. The Hall–Kier alpha value is -3.80. The zero-order valence-electron chi connectivity index (χ0n) is 16.9. The van der Waals surface area contributed by atoms with Crippen LogP contribution in [0, 0.1) is 0 Å². The van der Waals surface area contributed by atoms with Crippen LogP contribution in [0.2, 0.25) is 0 Å². The number of carbonyl (C=O) groups excluding carboxylic acids is 2. The molecule has 3 aromatic rings. The number of fused-ring (bicyclic) bond motifs is 2. The van der Waals surface area contributed by atoms with Gasteiger partial charge in [0.2, 0.25) is 0 Å². The van der Waals surface area contributed by atoms with Gasteiger partial charge < -0.3 is 19.1 Å². The minimum atomic E-state index is -0.516. The highest BCUT2D eigenvalue weighted by Gasteiger charge is 2.34. The molecule has 0 aliphatic carbocycles. The van der Waals surface area contributed by atoms with Crippen LogP contribution >= 0.6 is 0 Å². The maximum Gasteiger partial charge on any atom is 0.341 e. The topological polar surface area (TPSA) is 65.1 Å². The molecule has 1 aliphatic rings. The Morgan fingerprint density at radius 3 is 1.73 bits per heavy atom. The molecule has 0 amide bonds. The van der Waals surface area contributed by atoms with Gasteiger partial charge in [-0.25, -0.2) is 9.59 Å². The monoisotopic (exact) mass is 403 g/mol. The van der Waals surface area contributed by atoms with Crippen LogP contribution in [0.5, 0.6) is 11.5 Å². The third-order valence-corrected chi connectivity index (χ3v) is 5.19. The van der Waals surface area contributed by atoms with Crippen LogP contribution in [-0.2, 0) is 9.47 Å². The van der Waals surface area contributed by atoms with E-state index in [2.05, 4.69) is 11.8 Å². The molecule has 1 atom stereocenters. The minimum absolute atomic E-state index is 0.103. The molecule has 0 bridgehead atoms. The lowest BCUT2D eigenvalue weighted by Gasteiger charge is -2.38. The molecule has 0 aromatic heterocycles. The number of nitrogens with zero attached hydrogens (tertiary/aromatic N) is 1. The smallest absolute Gasteiger partial charge is 0.341 e. The number of esters is 2. The standard InChI is InChI=1S/C24H21NO5/c1-15(16-9-5-4-6-10-16)25-19-13-7-11-17(23(26)28-2)21(19)30-22-18(24(27)29-3)12-8-14-20(22)25/h4-15H,1-3H3. The summed E-state index contributed by atoms with van der Waals surface area (Å²) in [7, 11) is 2.64. The molecule has 0 fully saturated rings. The second-order valence-electron chi connectivity index (χ2n) is 6.85. The quantitative estimate of drug-likeness (QED) is 0.553. The van der Waals surface area contributed by atoms with Gasteiger partial charge >= 0.3 is 11.9 Å². The third kappa shape index (κ3) is 3.16. The Morgan fingerprint density at radius 1 is 0.767 bits per heavy atom.